The second kappa shape index (κ2) is 5.99. The average molecular weight is 365 g/mol. The van der Waals surface area contributed by atoms with Crippen molar-refractivity contribution < 1.29 is 9.13 Å². The molecule has 0 aliphatic heterocycles. The van der Waals surface area contributed by atoms with Gasteiger partial charge in [-0.1, -0.05) is 39.1 Å². The van der Waals surface area contributed by atoms with Gasteiger partial charge < -0.3 is 10.5 Å². The van der Waals surface area contributed by atoms with Crippen molar-refractivity contribution in [2.45, 2.75) is 6.61 Å². The minimum Gasteiger partial charge on any atom is -0.486 e. The van der Waals surface area contributed by atoms with Crippen molar-refractivity contribution in [3.8, 4) is 5.75 Å². The molecular weight excluding hydrogens is 356 g/mol. The Morgan fingerprint density at radius 2 is 1.79 bits per heavy atom. The summed E-state index contributed by atoms with van der Waals surface area (Å²) in [4.78, 5) is 0. The molecule has 2 aromatic rings. The highest BCUT2D eigenvalue weighted by Gasteiger charge is 2.10. The third-order valence-electron chi connectivity index (χ3n) is 2.40. The van der Waals surface area contributed by atoms with Gasteiger partial charge in [-0.25, -0.2) is 4.39 Å². The summed E-state index contributed by atoms with van der Waals surface area (Å²) in [6.45, 7) is 0.141. The molecule has 2 rings (SSSR count). The van der Waals surface area contributed by atoms with Crippen molar-refractivity contribution in [3.05, 3.63) is 56.2 Å². The van der Waals surface area contributed by atoms with E-state index in [9.17, 15) is 4.39 Å². The van der Waals surface area contributed by atoms with E-state index in [1.165, 1.54) is 12.1 Å². The molecule has 0 saturated carbocycles. The van der Waals surface area contributed by atoms with Crippen LogP contribution in [0.15, 0.2) is 34.8 Å². The normalized spacial score (nSPS) is 10.5. The van der Waals surface area contributed by atoms with Crippen LogP contribution in [0.1, 0.15) is 5.56 Å². The summed E-state index contributed by atoms with van der Waals surface area (Å²) in [5.74, 6) is -0.00926. The van der Waals surface area contributed by atoms with E-state index in [0.29, 0.717) is 27.0 Å². The standard InChI is InChI=1S/C13H9BrCl2FNO/c14-10-2-1-8(17)3-7(10)6-19-13-11(15)4-9(18)5-12(13)16/h1-5H,6,18H2. The van der Waals surface area contributed by atoms with Crippen molar-refractivity contribution >= 4 is 44.8 Å². The number of rotatable bonds is 3. The Morgan fingerprint density at radius 3 is 2.42 bits per heavy atom. The van der Waals surface area contributed by atoms with E-state index < -0.39 is 0 Å². The zero-order chi connectivity index (χ0) is 14.0. The Kier molecular flexibility index (Phi) is 4.55. The fraction of sp³-hybridized carbons (Fsp3) is 0.0769. The molecule has 2 N–H and O–H groups in total. The van der Waals surface area contributed by atoms with E-state index >= 15 is 0 Å². The summed E-state index contributed by atoms with van der Waals surface area (Å²) in [5.41, 5.74) is 6.71. The van der Waals surface area contributed by atoms with Gasteiger partial charge in [0.05, 0.1) is 10.0 Å². The molecule has 19 heavy (non-hydrogen) atoms. The van der Waals surface area contributed by atoms with Crippen LogP contribution < -0.4 is 10.5 Å². The summed E-state index contributed by atoms with van der Waals surface area (Å²) >= 11 is 15.3. The molecular formula is C13H9BrCl2FNO. The number of nitrogens with two attached hydrogens (primary N) is 1. The number of benzene rings is 2. The maximum Gasteiger partial charge on any atom is 0.157 e. The fourth-order valence-corrected chi connectivity index (χ4v) is 2.50. The van der Waals surface area contributed by atoms with Crippen LogP contribution in [0.3, 0.4) is 0 Å². The minimum atomic E-state index is -0.337. The van der Waals surface area contributed by atoms with Crippen molar-refractivity contribution in [2.24, 2.45) is 0 Å². The van der Waals surface area contributed by atoms with Crippen molar-refractivity contribution in [1.82, 2.24) is 0 Å². The predicted octanol–water partition coefficient (Wildman–Crippen LogP) is 5.06. The monoisotopic (exact) mass is 363 g/mol. The molecule has 0 atom stereocenters. The first-order valence-corrected chi connectivity index (χ1v) is 6.83. The number of nitrogen functional groups attached to an aromatic ring is 1. The Hall–Kier alpha value is -0.970. The second-order valence-corrected chi connectivity index (χ2v) is 5.51. The Labute approximate surface area is 128 Å². The number of anilines is 1. The predicted molar refractivity (Wildman–Crippen MR) is 79.3 cm³/mol. The zero-order valence-electron chi connectivity index (χ0n) is 9.59. The number of ether oxygens (including phenoxy) is 1. The maximum absolute atomic E-state index is 13.1. The van der Waals surface area contributed by atoms with Crippen LogP contribution >= 0.6 is 39.1 Å². The highest BCUT2D eigenvalue weighted by atomic mass is 79.9. The Bertz CT molecular complexity index is 599. The second-order valence-electron chi connectivity index (χ2n) is 3.84. The van der Waals surface area contributed by atoms with Crippen LogP contribution in [0.25, 0.3) is 0 Å². The fourth-order valence-electron chi connectivity index (χ4n) is 1.52. The lowest BCUT2D eigenvalue weighted by atomic mass is 10.2. The van der Waals surface area contributed by atoms with Gasteiger partial charge in [0.15, 0.2) is 5.75 Å². The zero-order valence-corrected chi connectivity index (χ0v) is 12.7. The van der Waals surface area contributed by atoms with E-state index in [1.54, 1.807) is 18.2 Å². The van der Waals surface area contributed by atoms with Gasteiger partial charge in [0.1, 0.15) is 12.4 Å². The van der Waals surface area contributed by atoms with E-state index in [1.807, 2.05) is 0 Å². The van der Waals surface area contributed by atoms with E-state index in [0.717, 1.165) is 4.47 Å². The van der Waals surface area contributed by atoms with Gasteiger partial charge >= 0.3 is 0 Å². The van der Waals surface area contributed by atoms with Gasteiger partial charge in [-0.3, -0.25) is 0 Å². The Morgan fingerprint density at radius 1 is 1.16 bits per heavy atom. The van der Waals surface area contributed by atoms with Crippen molar-refractivity contribution in [3.63, 3.8) is 0 Å². The molecule has 0 bridgehead atoms. The lowest BCUT2D eigenvalue weighted by Crippen LogP contribution is -1.99. The van der Waals surface area contributed by atoms with Crippen LogP contribution in [-0.2, 0) is 6.61 Å². The van der Waals surface area contributed by atoms with E-state index in [-0.39, 0.29) is 12.4 Å². The van der Waals surface area contributed by atoms with Gasteiger partial charge in [-0.2, -0.15) is 0 Å². The highest BCUT2D eigenvalue weighted by molar-refractivity contribution is 9.10. The molecule has 6 heteroatoms. The molecule has 0 heterocycles. The van der Waals surface area contributed by atoms with Crippen LogP contribution in [0.5, 0.6) is 5.75 Å². The van der Waals surface area contributed by atoms with Gasteiger partial charge in [0, 0.05) is 15.7 Å². The first-order chi connectivity index (χ1) is 8.97. The summed E-state index contributed by atoms with van der Waals surface area (Å²) in [7, 11) is 0. The summed E-state index contributed by atoms with van der Waals surface area (Å²) < 4.78 is 19.4. The van der Waals surface area contributed by atoms with Gasteiger partial charge in [0.25, 0.3) is 0 Å². The third-order valence-corrected chi connectivity index (χ3v) is 3.74. The molecule has 0 amide bonds. The lowest BCUT2D eigenvalue weighted by molar-refractivity contribution is 0.305. The molecule has 0 spiro atoms. The lowest BCUT2D eigenvalue weighted by Gasteiger charge is -2.11. The molecule has 0 saturated heterocycles. The van der Waals surface area contributed by atoms with Crippen molar-refractivity contribution in [1.29, 1.82) is 0 Å². The van der Waals surface area contributed by atoms with Crippen LogP contribution in [0.2, 0.25) is 10.0 Å². The van der Waals surface area contributed by atoms with Gasteiger partial charge in [0.2, 0.25) is 0 Å². The third kappa shape index (κ3) is 3.53. The topological polar surface area (TPSA) is 35.2 Å². The summed E-state index contributed by atoms with van der Waals surface area (Å²) in [6.07, 6.45) is 0. The Balaban J connectivity index is 2.21. The van der Waals surface area contributed by atoms with Gasteiger partial charge in [-0.15, -0.1) is 0 Å². The smallest absolute Gasteiger partial charge is 0.157 e. The summed E-state index contributed by atoms with van der Waals surface area (Å²) in [5, 5.41) is 0.634. The quantitative estimate of drug-likeness (QED) is 0.773. The van der Waals surface area contributed by atoms with Gasteiger partial charge in [-0.05, 0) is 30.3 Å². The highest BCUT2D eigenvalue weighted by Crippen LogP contribution is 2.36. The molecule has 100 valence electrons. The minimum absolute atomic E-state index is 0.141. The van der Waals surface area contributed by atoms with E-state index in [4.69, 9.17) is 33.7 Å². The van der Waals surface area contributed by atoms with Crippen molar-refractivity contribution in [2.75, 3.05) is 5.73 Å². The number of hydrogen-bond donors (Lipinski definition) is 1. The first-order valence-electron chi connectivity index (χ1n) is 5.28. The first kappa shape index (κ1) is 14.4. The molecule has 2 aromatic carbocycles. The molecule has 0 unspecified atom stereocenters. The van der Waals surface area contributed by atoms with Crippen LogP contribution in [0.4, 0.5) is 10.1 Å². The summed E-state index contributed by atoms with van der Waals surface area (Å²) in [6, 6.07) is 7.44. The molecule has 0 aliphatic carbocycles. The van der Waals surface area contributed by atoms with Crippen LogP contribution in [0, 0.1) is 5.82 Å². The van der Waals surface area contributed by atoms with Crippen LogP contribution in [-0.4, -0.2) is 0 Å². The number of halogens is 4. The molecule has 0 aromatic heterocycles. The molecule has 0 aliphatic rings. The largest absolute Gasteiger partial charge is 0.486 e. The maximum atomic E-state index is 13.1. The number of hydrogen-bond acceptors (Lipinski definition) is 2. The molecule has 0 fully saturated rings. The van der Waals surface area contributed by atoms with E-state index in [2.05, 4.69) is 15.9 Å². The molecule has 2 nitrogen and oxygen atoms in total. The average Bonchev–Trinajstić information content (AvgIpc) is 2.32. The molecule has 0 radical (unpaired) electrons. The SMILES string of the molecule is Nc1cc(Cl)c(OCc2cc(F)ccc2Br)c(Cl)c1.